The van der Waals surface area contributed by atoms with Gasteiger partial charge in [-0.1, -0.05) is 31.6 Å². The van der Waals surface area contributed by atoms with Gasteiger partial charge in [0, 0.05) is 18.9 Å². The van der Waals surface area contributed by atoms with Crippen LogP contribution in [0.15, 0.2) is 0 Å². The Balaban J connectivity index is 2.77. The SMILES string of the molecule is CC(C)(C)OC1C(CO)OC(C(C)(C)C)C(NCC(O)COCCCSS)C1O. The molecule has 0 radical (unpaired) electrons. The van der Waals surface area contributed by atoms with Crippen molar-refractivity contribution in [2.24, 2.45) is 5.41 Å². The van der Waals surface area contributed by atoms with Crippen LogP contribution in [0.1, 0.15) is 48.0 Å². The highest BCUT2D eigenvalue weighted by molar-refractivity contribution is 8.68. The van der Waals surface area contributed by atoms with Crippen molar-refractivity contribution in [1.82, 2.24) is 5.32 Å². The van der Waals surface area contributed by atoms with Crippen LogP contribution in [0, 0.1) is 5.41 Å². The van der Waals surface area contributed by atoms with Crippen LogP contribution in [0.3, 0.4) is 0 Å². The number of hydrogen-bond donors (Lipinski definition) is 5. The zero-order valence-electron chi connectivity index (χ0n) is 18.6. The van der Waals surface area contributed by atoms with Gasteiger partial charge in [0.15, 0.2) is 0 Å². The zero-order chi connectivity index (χ0) is 22.2. The van der Waals surface area contributed by atoms with E-state index in [0.29, 0.717) is 6.61 Å². The van der Waals surface area contributed by atoms with Crippen LogP contribution in [-0.4, -0.2) is 89.6 Å². The molecule has 1 heterocycles. The van der Waals surface area contributed by atoms with Crippen molar-refractivity contribution in [3.63, 3.8) is 0 Å². The molecule has 1 aliphatic heterocycles. The van der Waals surface area contributed by atoms with Crippen LogP contribution in [0.2, 0.25) is 0 Å². The fourth-order valence-corrected chi connectivity index (χ4v) is 4.04. The summed E-state index contributed by atoms with van der Waals surface area (Å²) >= 11 is 4.08. The summed E-state index contributed by atoms with van der Waals surface area (Å²) in [5, 5.41) is 34.5. The van der Waals surface area contributed by atoms with Crippen LogP contribution >= 0.6 is 22.5 Å². The molecule has 174 valence electrons. The Morgan fingerprint density at radius 3 is 2.38 bits per heavy atom. The van der Waals surface area contributed by atoms with Crippen molar-refractivity contribution in [2.45, 2.75) is 90.1 Å². The molecule has 0 spiro atoms. The largest absolute Gasteiger partial charge is 0.394 e. The first kappa shape index (κ1) is 27.5. The van der Waals surface area contributed by atoms with Gasteiger partial charge in [0.05, 0.1) is 37.1 Å². The molecule has 9 heteroatoms. The number of hydrogen-bond acceptors (Lipinski definition) is 9. The molecule has 29 heavy (non-hydrogen) atoms. The van der Waals surface area contributed by atoms with Gasteiger partial charge in [-0.2, -0.15) is 0 Å². The van der Waals surface area contributed by atoms with Gasteiger partial charge in [0.25, 0.3) is 0 Å². The summed E-state index contributed by atoms with van der Waals surface area (Å²) in [6.45, 7) is 12.6. The first-order chi connectivity index (χ1) is 13.4. The monoisotopic (exact) mass is 455 g/mol. The lowest BCUT2D eigenvalue weighted by molar-refractivity contribution is -0.251. The van der Waals surface area contributed by atoms with Crippen LogP contribution in [0.5, 0.6) is 0 Å². The van der Waals surface area contributed by atoms with E-state index in [1.165, 1.54) is 10.8 Å². The zero-order valence-corrected chi connectivity index (χ0v) is 20.3. The minimum atomic E-state index is -0.898. The molecule has 1 saturated heterocycles. The number of thiol groups is 1. The molecule has 0 aliphatic carbocycles. The van der Waals surface area contributed by atoms with Crippen molar-refractivity contribution in [2.75, 3.05) is 32.1 Å². The molecule has 6 atom stereocenters. The number of aliphatic hydroxyl groups is 3. The van der Waals surface area contributed by atoms with E-state index in [1.54, 1.807) is 0 Å². The molecule has 0 saturated carbocycles. The predicted octanol–water partition coefficient (Wildman–Crippen LogP) is 1.64. The highest BCUT2D eigenvalue weighted by Crippen LogP contribution is 2.35. The molecule has 0 bridgehead atoms. The molecular weight excluding hydrogens is 414 g/mol. The van der Waals surface area contributed by atoms with Gasteiger partial charge in [0.2, 0.25) is 0 Å². The Kier molecular flexibility index (Phi) is 11.8. The Hall–Kier alpha value is 0.420. The molecule has 1 fully saturated rings. The number of aliphatic hydroxyl groups excluding tert-OH is 3. The number of nitrogens with one attached hydrogen (secondary N) is 1. The van der Waals surface area contributed by atoms with Gasteiger partial charge in [-0.05, 0) is 32.6 Å². The molecule has 4 N–H and O–H groups in total. The summed E-state index contributed by atoms with van der Waals surface area (Å²) in [4.78, 5) is 0. The van der Waals surface area contributed by atoms with Crippen molar-refractivity contribution >= 4 is 22.5 Å². The Bertz CT molecular complexity index is 457. The van der Waals surface area contributed by atoms with Crippen LogP contribution in [-0.2, 0) is 14.2 Å². The highest BCUT2D eigenvalue weighted by Gasteiger charge is 2.50. The third-order valence-corrected chi connectivity index (χ3v) is 5.68. The standard InChI is InChI=1S/C20H41NO6S2/c1-19(2,3)18-15(21-10-13(23)12-25-8-7-9-29-28)16(24)17(14(11-22)26-18)27-20(4,5)6/h13-18,21-24,28H,7-12H2,1-6H3. The lowest BCUT2D eigenvalue weighted by Gasteiger charge is -2.50. The smallest absolute Gasteiger partial charge is 0.114 e. The lowest BCUT2D eigenvalue weighted by atomic mass is 9.78. The summed E-state index contributed by atoms with van der Waals surface area (Å²) in [7, 11) is 1.47. The molecule has 0 aromatic heterocycles. The van der Waals surface area contributed by atoms with Gasteiger partial charge >= 0.3 is 0 Å². The van der Waals surface area contributed by atoms with Gasteiger partial charge < -0.3 is 34.8 Å². The Labute approximate surface area is 185 Å². The predicted molar refractivity (Wildman–Crippen MR) is 121 cm³/mol. The number of ether oxygens (including phenoxy) is 3. The second kappa shape index (κ2) is 12.5. The average Bonchev–Trinajstić information content (AvgIpc) is 2.60. The van der Waals surface area contributed by atoms with E-state index in [9.17, 15) is 15.3 Å². The Morgan fingerprint density at radius 1 is 1.21 bits per heavy atom. The number of rotatable bonds is 11. The Morgan fingerprint density at radius 2 is 1.86 bits per heavy atom. The van der Waals surface area contributed by atoms with E-state index in [1.807, 2.05) is 41.5 Å². The summed E-state index contributed by atoms with van der Waals surface area (Å²) in [5.74, 6) is 0.900. The third-order valence-electron chi connectivity index (χ3n) is 4.67. The molecule has 6 unspecified atom stereocenters. The maximum Gasteiger partial charge on any atom is 0.114 e. The summed E-state index contributed by atoms with van der Waals surface area (Å²) in [6, 6.07) is -0.458. The molecule has 0 aromatic rings. The second-order valence-corrected chi connectivity index (χ2v) is 11.1. The third kappa shape index (κ3) is 9.62. The quantitative estimate of drug-likeness (QED) is 0.182. The van der Waals surface area contributed by atoms with Gasteiger partial charge in [-0.25, -0.2) is 0 Å². The molecule has 1 aliphatic rings. The van der Waals surface area contributed by atoms with E-state index < -0.39 is 36.1 Å². The van der Waals surface area contributed by atoms with Crippen LogP contribution < -0.4 is 5.32 Å². The maximum atomic E-state index is 11.1. The van der Waals surface area contributed by atoms with E-state index in [4.69, 9.17) is 14.2 Å². The van der Waals surface area contributed by atoms with E-state index in [-0.39, 0.29) is 31.3 Å². The fraction of sp³-hybridized carbons (Fsp3) is 1.00. The maximum absolute atomic E-state index is 11.1. The van der Waals surface area contributed by atoms with Crippen molar-refractivity contribution in [1.29, 1.82) is 0 Å². The van der Waals surface area contributed by atoms with Crippen molar-refractivity contribution in [3.8, 4) is 0 Å². The van der Waals surface area contributed by atoms with Crippen LogP contribution in [0.4, 0.5) is 0 Å². The highest BCUT2D eigenvalue weighted by atomic mass is 33.1. The average molecular weight is 456 g/mol. The summed E-state index contributed by atoms with van der Waals surface area (Å²) in [6.07, 6.45) is -2.39. The molecule has 0 aromatic carbocycles. The molecular formula is C20H41NO6S2. The first-order valence-electron chi connectivity index (χ1n) is 10.3. The second-order valence-electron chi connectivity index (χ2n) is 9.68. The van der Waals surface area contributed by atoms with Gasteiger partial charge in [-0.3, -0.25) is 0 Å². The minimum absolute atomic E-state index is 0.218. The topological polar surface area (TPSA) is 100 Å². The van der Waals surface area contributed by atoms with Gasteiger partial charge in [-0.15, -0.1) is 11.7 Å². The molecule has 7 nitrogen and oxygen atoms in total. The van der Waals surface area contributed by atoms with Crippen molar-refractivity contribution in [3.05, 3.63) is 0 Å². The van der Waals surface area contributed by atoms with Gasteiger partial charge in [0.1, 0.15) is 18.3 Å². The fourth-order valence-electron chi connectivity index (χ4n) is 3.40. The van der Waals surface area contributed by atoms with E-state index in [0.717, 1.165) is 12.2 Å². The van der Waals surface area contributed by atoms with E-state index in [2.05, 4.69) is 17.0 Å². The minimum Gasteiger partial charge on any atom is -0.394 e. The van der Waals surface area contributed by atoms with Crippen LogP contribution in [0.25, 0.3) is 0 Å². The summed E-state index contributed by atoms with van der Waals surface area (Å²) in [5.41, 5.74) is -0.787. The van der Waals surface area contributed by atoms with Crippen molar-refractivity contribution < 1.29 is 29.5 Å². The first-order valence-corrected chi connectivity index (χ1v) is 12.3. The molecule has 0 amide bonds. The summed E-state index contributed by atoms with van der Waals surface area (Å²) < 4.78 is 17.7. The normalized spacial score (nSPS) is 29.8. The van der Waals surface area contributed by atoms with E-state index >= 15 is 0 Å². The molecule has 1 rings (SSSR count). The lowest BCUT2D eigenvalue weighted by Crippen LogP contribution is -2.67.